The molecule has 2 aromatic heterocycles. The van der Waals surface area contributed by atoms with Gasteiger partial charge in [0.25, 0.3) is 0 Å². The van der Waals surface area contributed by atoms with Crippen molar-refractivity contribution in [2.75, 3.05) is 11.9 Å². The van der Waals surface area contributed by atoms with E-state index < -0.39 is 42.3 Å². The molecule has 2 rings (SSSR count). The second kappa shape index (κ2) is 7.37. The van der Waals surface area contributed by atoms with Crippen molar-refractivity contribution < 1.29 is 32.3 Å². The van der Waals surface area contributed by atoms with Gasteiger partial charge in [-0.15, -0.1) is 0 Å². The Hall–Kier alpha value is -3.18. The SMILES string of the molecule is C[C@H](Nc1nc(-c2c[nH]c(C(=O)O)c2)ncc1F)C(=O)NCC(F)(F)F. The number of rotatable bonds is 6. The van der Waals surface area contributed by atoms with E-state index in [2.05, 4.69) is 20.3 Å². The van der Waals surface area contributed by atoms with Crippen LogP contribution in [0.15, 0.2) is 18.5 Å². The number of carboxylic acids is 1. The molecule has 2 heterocycles. The standard InChI is InChI=1S/C14H13F4N5O3/c1-6(12(24)21-5-14(16,17)18)22-11-8(15)4-20-10(23-11)7-2-9(13(25)26)19-3-7/h2-4,6,19H,5H2,1H3,(H,21,24)(H,25,26)(H,20,22,23)/t6-/m0/s1. The third-order valence-corrected chi connectivity index (χ3v) is 3.13. The highest BCUT2D eigenvalue weighted by Crippen LogP contribution is 2.20. The van der Waals surface area contributed by atoms with Gasteiger partial charge in [-0.2, -0.15) is 13.2 Å². The molecule has 0 saturated carbocycles. The molecule has 0 radical (unpaired) electrons. The molecule has 1 amide bonds. The van der Waals surface area contributed by atoms with Crippen LogP contribution in [-0.4, -0.2) is 50.7 Å². The number of carbonyl (C=O) groups excluding carboxylic acids is 1. The molecule has 0 aliphatic rings. The number of carboxylic acid groups (broad SMARTS) is 1. The molecular weight excluding hydrogens is 362 g/mol. The lowest BCUT2D eigenvalue weighted by molar-refractivity contribution is -0.138. The summed E-state index contributed by atoms with van der Waals surface area (Å²) < 4.78 is 50.1. The smallest absolute Gasteiger partial charge is 0.405 e. The summed E-state index contributed by atoms with van der Waals surface area (Å²) in [4.78, 5) is 32.5. The minimum Gasteiger partial charge on any atom is -0.477 e. The number of nitrogens with one attached hydrogen (secondary N) is 3. The number of anilines is 1. The van der Waals surface area contributed by atoms with E-state index in [0.717, 1.165) is 6.20 Å². The van der Waals surface area contributed by atoms with Crippen molar-refractivity contribution in [3.8, 4) is 11.4 Å². The molecule has 0 spiro atoms. The van der Waals surface area contributed by atoms with Crippen molar-refractivity contribution in [3.05, 3.63) is 30.0 Å². The van der Waals surface area contributed by atoms with Gasteiger partial charge in [0.05, 0.1) is 6.20 Å². The summed E-state index contributed by atoms with van der Waals surface area (Å²) >= 11 is 0. The third-order valence-electron chi connectivity index (χ3n) is 3.13. The number of alkyl halides is 3. The van der Waals surface area contributed by atoms with Crippen molar-refractivity contribution >= 4 is 17.7 Å². The number of hydrogen-bond acceptors (Lipinski definition) is 5. The molecule has 1 atom stereocenters. The molecule has 0 aromatic carbocycles. The first kappa shape index (κ1) is 19.1. The van der Waals surface area contributed by atoms with Gasteiger partial charge in [0.2, 0.25) is 5.91 Å². The van der Waals surface area contributed by atoms with E-state index >= 15 is 0 Å². The van der Waals surface area contributed by atoms with Crippen LogP contribution in [0.3, 0.4) is 0 Å². The molecule has 0 saturated heterocycles. The van der Waals surface area contributed by atoms with E-state index in [9.17, 15) is 27.2 Å². The summed E-state index contributed by atoms with van der Waals surface area (Å²) in [7, 11) is 0. The average molecular weight is 375 g/mol. The van der Waals surface area contributed by atoms with E-state index in [0.29, 0.717) is 0 Å². The number of carbonyl (C=O) groups is 2. The summed E-state index contributed by atoms with van der Waals surface area (Å²) in [6, 6.07) is 0.00846. The van der Waals surface area contributed by atoms with Crippen LogP contribution in [0.4, 0.5) is 23.4 Å². The highest BCUT2D eigenvalue weighted by molar-refractivity contribution is 5.87. The van der Waals surface area contributed by atoms with Crippen molar-refractivity contribution in [1.82, 2.24) is 20.3 Å². The normalized spacial score (nSPS) is 12.5. The van der Waals surface area contributed by atoms with Gasteiger partial charge in [0.1, 0.15) is 18.3 Å². The van der Waals surface area contributed by atoms with Crippen LogP contribution in [0.5, 0.6) is 0 Å². The molecule has 4 N–H and O–H groups in total. The minimum atomic E-state index is -4.57. The zero-order valence-corrected chi connectivity index (χ0v) is 13.2. The number of halogens is 4. The Balaban J connectivity index is 2.14. The summed E-state index contributed by atoms with van der Waals surface area (Å²) in [5.74, 6) is -3.61. The summed E-state index contributed by atoms with van der Waals surface area (Å²) in [5.41, 5.74) is 0.113. The average Bonchev–Trinajstić information content (AvgIpc) is 3.04. The monoisotopic (exact) mass is 375 g/mol. The summed E-state index contributed by atoms with van der Waals surface area (Å²) in [6.07, 6.45) is -2.49. The zero-order chi connectivity index (χ0) is 19.5. The number of nitrogens with zero attached hydrogens (tertiary/aromatic N) is 2. The topological polar surface area (TPSA) is 120 Å². The van der Waals surface area contributed by atoms with Gasteiger partial charge >= 0.3 is 12.1 Å². The predicted molar refractivity (Wildman–Crippen MR) is 80.9 cm³/mol. The Morgan fingerprint density at radius 3 is 2.65 bits per heavy atom. The number of hydrogen-bond donors (Lipinski definition) is 4. The van der Waals surface area contributed by atoms with E-state index in [1.54, 1.807) is 5.32 Å². The Morgan fingerprint density at radius 2 is 2.08 bits per heavy atom. The lowest BCUT2D eigenvalue weighted by atomic mass is 10.2. The largest absolute Gasteiger partial charge is 0.477 e. The van der Waals surface area contributed by atoms with Gasteiger partial charge in [-0.05, 0) is 13.0 Å². The van der Waals surface area contributed by atoms with E-state index in [1.165, 1.54) is 19.2 Å². The van der Waals surface area contributed by atoms with Crippen LogP contribution in [0, 0.1) is 5.82 Å². The van der Waals surface area contributed by atoms with Gasteiger partial charge in [-0.25, -0.2) is 19.2 Å². The molecule has 0 fully saturated rings. The van der Waals surface area contributed by atoms with Crippen molar-refractivity contribution in [3.63, 3.8) is 0 Å². The van der Waals surface area contributed by atoms with Gasteiger partial charge in [0.15, 0.2) is 17.5 Å². The highest BCUT2D eigenvalue weighted by Gasteiger charge is 2.29. The Labute approximate surface area is 143 Å². The minimum absolute atomic E-state index is 0.0412. The van der Waals surface area contributed by atoms with Crippen LogP contribution in [0.2, 0.25) is 0 Å². The fourth-order valence-electron chi connectivity index (χ4n) is 1.87. The van der Waals surface area contributed by atoms with Gasteiger partial charge in [-0.3, -0.25) is 4.79 Å². The Kier molecular flexibility index (Phi) is 5.43. The molecule has 140 valence electrons. The Bertz CT molecular complexity index is 821. The molecule has 12 heteroatoms. The molecule has 2 aromatic rings. The molecular formula is C14H13F4N5O3. The molecule has 0 aliphatic heterocycles. The number of H-pyrrole nitrogens is 1. The maximum Gasteiger partial charge on any atom is 0.405 e. The van der Waals surface area contributed by atoms with Crippen molar-refractivity contribution in [1.29, 1.82) is 0 Å². The zero-order valence-electron chi connectivity index (χ0n) is 13.2. The fourth-order valence-corrected chi connectivity index (χ4v) is 1.87. The second-order valence-electron chi connectivity index (χ2n) is 5.20. The number of aromatic amines is 1. The number of aromatic carboxylic acids is 1. The molecule has 26 heavy (non-hydrogen) atoms. The first-order valence-corrected chi connectivity index (χ1v) is 7.12. The quantitative estimate of drug-likeness (QED) is 0.572. The molecule has 0 bridgehead atoms. The fraction of sp³-hybridized carbons (Fsp3) is 0.286. The molecule has 0 aliphatic carbocycles. The Morgan fingerprint density at radius 1 is 1.38 bits per heavy atom. The van der Waals surface area contributed by atoms with E-state index in [4.69, 9.17) is 5.11 Å². The predicted octanol–water partition coefficient (Wildman–Crippen LogP) is 1.79. The van der Waals surface area contributed by atoms with Crippen LogP contribution in [0.1, 0.15) is 17.4 Å². The first-order valence-electron chi connectivity index (χ1n) is 7.12. The number of amides is 1. The molecule has 8 nitrogen and oxygen atoms in total. The maximum absolute atomic E-state index is 13.8. The second-order valence-corrected chi connectivity index (χ2v) is 5.20. The third kappa shape index (κ3) is 4.91. The lowest BCUT2D eigenvalue weighted by Crippen LogP contribution is -2.42. The van der Waals surface area contributed by atoms with E-state index in [1.807, 2.05) is 0 Å². The summed E-state index contributed by atoms with van der Waals surface area (Å²) in [6.45, 7) is -0.289. The number of aromatic nitrogens is 3. The lowest BCUT2D eigenvalue weighted by Gasteiger charge is -2.16. The summed E-state index contributed by atoms with van der Waals surface area (Å²) in [5, 5.41) is 12.9. The first-order chi connectivity index (χ1) is 12.1. The van der Waals surface area contributed by atoms with Gasteiger partial charge < -0.3 is 20.7 Å². The van der Waals surface area contributed by atoms with Crippen LogP contribution in [0.25, 0.3) is 11.4 Å². The van der Waals surface area contributed by atoms with Crippen molar-refractivity contribution in [2.24, 2.45) is 0 Å². The van der Waals surface area contributed by atoms with Gasteiger partial charge in [-0.1, -0.05) is 0 Å². The van der Waals surface area contributed by atoms with E-state index in [-0.39, 0.29) is 17.1 Å². The van der Waals surface area contributed by atoms with Crippen LogP contribution in [-0.2, 0) is 4.79 Å². The maximum atomic E-state index is 13.8. The van der Waals surface area contributed by atoms with Crippen LogP contribution >= 0.6 is 0 Å². The molecule has 0 unspecified atom stereocenters. The van der Waals surface area contributed by atoms with Crippen molar-refractivity contribution in [2.45, 2.75) is 19.1 Å². The van der Waals surface area contributed by atoms with Crippen LogP contribution < -0.4 is 10.6 Å². The highest BCUT2D eigenvalue weighted by atomic mass is 19.4. The van der Waals surface area contributed by atoms with Gasteiger partial charge in [0, 0.05) is 11.8 Å².